The highest BCUT2D eigenvalue weighted by molar-refractivity contribution is 7.11. The summed E-state index contributed by atoms with van der Waals surface area (Å²) >= 11 is 3.54. The molecule has 0 saturated carbocycles. The Balaban J connectivity index is 1.76. The number of hydrogen-bond donors (Lipinski definition) is 1. The largest absolute Gasteiger partial charge is 0.497 e. The molecule has 0 saturated heterocycles. The number of nitrogens with zero attached hydrogens (tertiary/aromatic N) is 1. The molecule has 0 amide bonds. The predicted octanol–water partition coefficient (Wildman–Crippen LogP) is 4.90. The number of ether oxygens (including phenoxy) is 1. The lowest BCUT2D eigenvalue weighted by Crippen LogP contribution is -2.22. The van der Waals surface area contributed by atoms with Crippen LogP contribution in [0.4, 0.5) is 0 Å². The van der Waals surface area contributed by atoms with Crippen LogP contribution in [-0.2, 0) is 13.0 Å². The zero-order valence-electron chi connectivity index (χ0n) is 14.2. The molecule has 0 bridgehead atoms. The number of rotatable bonds is 7. The number of methoxy groups -OCH3 is 1. The second-order valence-electron chi connectivity index (χ2n) is 5.81. The van der Waals surface area contributed by atoms with Crippen molar-refractivity contribution in [1.29, 1.82) is 0 Å². The lowest BCUT2D eigenvalue weighted by atomic mass is 10.1. The molecular formula is C19H22N2OS2. The fraction of sp³-hybridized carbons (Fsp3) is 0.316. The van der Waals surface area contributed by atoms with Crippen molar-refractivity contribution in [2.45, 2.75) is 32.9 Å². The fourth-order valence-electron chi connectivity index (χ4n) is 2.56. The van der Waals surface area contributed by atoms with Crippen LogP contribution in [0, 0.1) is 13.8 Å². The first-order valence-corrected chi connectivity index (χ1v) is 9.73. The Morgan fingerprint density at radius 3 is 2.75 bits per heavy atom. The summed E-state index contributed by atoms with van der Waals surface area (Å²) in [5.74, 6) is 0.893. The van der Waals surface area contributed by atoms with Crippen LogP contribution in [-0.4, -0.2) is 12.1 Å². The van der Waals surface area contributed by atoms with Crippen LogP contribution in [0.1, 0.15) is 32.7 Å². The monoisotopic (exact) mass is 358 g/mol. The molecule has 1 unspecified atom stereocenters. The van der Waals surface area contributed by atoms with Gasteiger partial charge >= 0.3 is 0 Å². The van der Waals surface area contributed by atoms with Gasteiger partial charge in [-0.05, 0) is 60.4 Å². The van der Waals surface area contributed by atoms with E-state index in [-0.39, 0.29) is 6.04 Å². The minimum atomic E-state index is 0.225. The van der Waals surface area contributed by atoms with E-state index in [0.717, 1.165) is 24.4 Å². The van der Waals surface area contributed by atoms with Gasteiger partial charge in [-0.2, -0.15) is 11.3 Å². The Kier molecular flexibility index (Phi) is 5.66. The minimum Gasteiger partial charge on any atom is -0.497 e. The number of thiophene rings is 1. The first kappa shape index (κ1) is 17.1. The van der Waals surface area contributed by atoms with Gasteiger partial charge in [-0.1, -0.05) is 12.1 Å². The van der Waals surface area contributed by atoms with Gasteiger partial charge in [0.2, 0.25) is 0 Å². The van der Waals surface area contributed by atoms with Crippen molar-refractivity contribution in [1.82, 2.24) is 10.3 Å². The van der Waals surface area contributed by atoms with Crippen LogP contribution in [0.2, 0.25) is 0 Å². The number of thiazole rings is 1. The van der Waals surface area contributed by atoms with Gasteiger partial charge in [0.15, 0.2) is 0 Å². The third kappa shape index (κ3) is 4.23. The quantitative estimate of drug-likeness (QED) is 0.652. The van der Waals surface area contributed by atoms with Crippen molar-refractivity contribution < 1.29 is 4.74 Å². The smallest absolute Gasteiger partial charge is 0.119 e. The summed E-state index contributed by atoms with van der Waals surface area (Å²) in [6.45, 7) is 5.02. The highest BCUT2D eigenvalue weighted by atomic mass is 32.1. The highest BCUT2D eigenvalue weighted by Crippen LogP contribution is 2.27. The molecule has 0 radical (unpaired) electrons. The third-order valence-corrected chi connectivity index (χ3v) is 5.97. The average Bonchev–Trinajstić information content (AvgIpc) is 3.22. The van der Waals surface area contributed by atoms with Gasteiger partial charge in [-0.3, -0.25) is 0 Å². The van der Waals surface area contributed by atoms with E-state index in [2.05, 4.69) is 48.1 Å². The van der Waals surface area contributed by atoms with E-state index >= 15 is 0 Å². The zero-order valence-corrected chi connectivity index (χ0v) is 15.8. The molecular weight excluding hydrogens is 336 g/mol. The Labute approximate surface area is 151 Å². The normalized spacial score (nSPS) is 12.3. The van der Waals surface area contributed by atoms with E-state index in [1.54, 1.807) is 29.8 Å². The molecule has 5 heteroatoms. The van der Waals surface area contributed by atoms with E-state index < -0.39 is 0 Å². The number of nitrogens with one attached hydrogen (secondary N) is 1. The summed E-state index contributed by atoms with van der Waals surface area (Å²) in [5, 5.41) is 9.19. The molecule has 1 atom stereocenters. The van der Waals surface area contributed by atoms with E-state index in [0.29, 0.717) is 0 Å². The molecule has 2 aromatic heterocycles. The Morgan fingerprint density at radius 1 is 1.21 bits per heavy atom. The topological polar surface area (TPSA) is 34.1 Å². The van der Waals surface area contributed by atoms with E-state index in [1.807, 2.05) is 12.1 Å². The Morgan fingerprint density at radius 2 is 2.08 bits per heavy atom. The Hall–Kier alpha value is -1.69. The zero-order chi connectivity index (χ0) is 16.9. The molecule has 126 valence electrons. The van der Waals surface area contributed by atoms with Gasteiger partial charge in [0, 0.05) is 11.4 Å². The minimum absolute atomic E-state index is 0.225. The van der Waals surface area contributed by atoms with Crippen molar-refractivity contribution in [3.05, 3.63) is 67.8 Å². The maximum absolute atomic E-state index is 5.31. The highest BCUT2D eigenvalue weighted by Gasteiger charge is 2.17. The van der Waals surface area contributed by atoms with Crippen molar-refractivity contribution in [2.75, 3.05) is 7.11 Å². The molecule has 0 spiro atoms. The lowest BCUT2D eigenvalue weighted by molar-refractivity contribution is 0.413. The van der Waals surface area contributed by atoms with E-state index in [4.69, 9.17) is 9.72 Å². The van der Waals surface area contributed by atoms with Gasteiger partial charge in [0.25, 0.3) is 0 Å². The van der Waals surface area contributed by atoms with Gasteiger partial charge in [0.1, 0.15) is 10.8 Å². The molecule has 3 rings (SSSR count). The van der Waals surface area contributed by atoms with Crippen LogP contribution in [0.25, 0.3) is 0 Å². The van der Waals surface area contributed by atoms with Crippen LogP contribution in [0.15, 0.2) is 41.1 Å². The maximum Gasteiger partial charge on any atom is 0.119 e. The SMILES string of the molecule is COc1cccc(CNC(Cc2ccsc2)c2nc(C)c(C)s2)c1. The number of hydrogen-bond acceptors (Lipinski definition) is 5. The van der Waals surface area contributed by atoms with Crippen molar-refractivity contribution >= 4 is 22.7 Å². The molecule has 0 aliphatic rings. The molecule has 0 fully saturated rings. The Bertz CT molecular complexity index is 761. The number of aromatic nitrogens is 1. The predicted molar refractivity (Wildman–Crippen MR) is 102 cm³/mol. The van der Waals surface area contributed by atoms with Crippen LogP contribution >= 0.6 is 22.7 Å². The van der Waals surface area contributed by atoms with E-state index in [1.165, 1.54) is 21.0 Å². The maximum atomic E-state index is 5.31. The van der Waals surface area contributed by atoms with Crippen LogP contribution < -0.4 is 10.1 Å². The molecule has 0 aliphatic carbocycles. The van der Waals surface area contributed by atoms with Crippen molar-refractivity contribution in [3.63, 3.8) is 0 Å². The first-order valence-electron chi connectivity index (χ1n) is 7.97. The van der Waals surface area contributed by atoms with Crippen LogP contribution in [0.3, 0.4) is 0 Å². The summed E-state index contributed by atoms with van der Waals surface area (Å²) < 4.78 is 5.31. The lowest BCUT2D eigenvalue weighted by Gasteiger charge is -2.16. The summed E-state index contributed by atoms with van der Waals surface area (Å²) in [6, 6.07) is 10.6. The molecule has 24 heavy (non-hydrogen) atoms. The van der Waals surface area contributed by atoms with Crippen LogP contribution in [0.5, 0.6) is 5.75 Å². The van der Waals surface area contributed by atoms with Crippen molar-refractivity contribution in [3.8, 4) is 5.75 Å². The number of benzene rings is 1. The van der Waals surface area contributed by atoms with Gasteiger partial charge in [0.05, 0.1) is 18.8 Å². The fourth-order valence-corrected chi connectivity index (χ4v) is 4.24. The van der Waals surface area contributed by atoms with Gasteiger partial charge in [-0.15, -0.1) is 11.3 Å². The second-order valence-corrected chi connectivity index (χ2v) is 7.83. The summed E-state index contributed by atoms with van der Waals surface area (Å²) in [7, 11) is 1.70. The summed E-state index contributed by atoms with van der Waals surface area (Å²) in [4.78, 5) is 6.07. The second kappa shape index (κ2) is 7.92. The molecule has 1 N–H and O–H groups in total. The molecule has 3 nitrogen and oxygen atoms in total. The summed E-state index contributed by atoms with van der Waals surface area (Å²) in [5.41, 5.74) is 3.71. The number of aryl methyl sites for hydroxylation is 2. The molecule has 0 aliphatic heterocycles. The average molecular weight is 359 g/mol. The third-order valence-electron chi connectivity index (χ3n) is 4.05. The van der Waals surface area contributed by atoms with Gasteiger partial charge in [-0.25, -0.2) is 4.98 Å². The van der Waals surface area contributed by atoms with Gasteiger partial charge < -0.3 is 10.1 Å². The van der Waals surface area contributed by atoms with E-state index in [9.17, 15) is 0 Å². The van der Waals surface area contributed by atoms with Crippen molar-refractivity contribution in [2.24, 2.45) is 0 Å². The summed E-state index contributed by atoms with van der Waals surface area (Å²) in [6.07, 6.45) is 0.958. The first-order chi connectivity index (χ1) is 11.7. The standard InChI is InChI=1S/C19H22N2OS2/c1-13-14(2)24-19(21-13)18(10-16-7-8-23-12-16)20-11-15-5-4-6-17(9-15)22-3/h4-9,12,18,20H,10-11H2,1-3H3. The molecule has 1 aromatic carbocycles. The molecule has 3 aromatic rings. The molecule has 2 heterocycles.